The number of carboxylic acid groups (broad SMARTS) is 1. The molecule has 19 heavy (non-hydrogen) atoms. The fraction of sp³-hybridized carbons (Fsp3) is 0.500. The van der Waals surface area contributed by atoms with Gasteiger partial charge in [-0.05, 0) is 12.3 Å². The summed E-state index contributed by atoms with van der Waals surface area (Å²) in [6.45, 7) is 3.89. The minimum atomic E-state index is -0.972. The number of hydrogen-bond donors (Lipinski definition) is 3. The molecule has 7 nitrogen and oxygen atoms in total. The number of amides is 1. The maximum Gasteiger partial charge on any atom is 0.305 e. The van der Waals surface area contributed by atoms with Crippen molar-refractivity contribution in [3.8, 4) is 0 Å². The number of nitrogens with zero attached hydrogens (tertiary/aromatic N) is 1. The summed E-state index contributed by atoms with van der Waals surface area (Å²) in [6.07, 6.45) is 2.61. The van der Waals surface area contributed by atoms with E-state index in [9.17, 15) is 14.4 Å². The summed E-state index contributed by atoms with van der Waals surface area (Å²) >= 11 is 0. The van der Waals surface area contributed by atoms with Crippen molar-refractivity contribution < 1.29 is 14.7 Å². The molecule has 104 valence electrons. The molecule has 0 fully saturated rings. The van der Waals surface area contributed by atoms with Crippen LogP contribution in [0.25, 0.3) is 0 Å². The standard InChI is InChI=1S/C12H17N3O4/c1-7(2)3-8(4-11(17)18)15-12(19)9-5-14-10(16)6-13-9/h5-8H,3-4H2,1-2H3,(H,14,16)(H,15,19)(H,17,18)/t8-/m1/s1. The lowest BCUT2D eigenvalue weighted by Crippen LogP contribution is -2.38. The lowest BCUT2D eigenvalue weighted by atomic mass is 10.0. The first-order chi connectivity index (χ1) is 8.88. The second-order valence-corrected chi connectivity index (χ2v) is 4.69. The first-order valence-corrected chi connectivity index (χ1v) is 5.96. The number of nitrogens with one attached hydrogen (secondary N) is 2. The van der Waals surface area contributed by atoms with Gasteiger partial charge in [0.05, 0.1) is 12.6 Å². The fourth-order valence-corrected chi connectivity index (χ4v) is 1.70. The molecule has 0 aromatic carbocycles. The van der Waals surface area contributed by atoms with Crippen molar-refractivity contribution in [2.45, 2.75) is 32.7 Å². The first kappa shape index (κ1) is 14.9. The van der Waals surface area contributed by atoms with E-state index >= 15 is 0 Å². The fourth-order valence-electron chi connectivity index (χ4n) is 1.70. The van der Waals surface area contributed by atoms with Gasteiger partial charge >= 0.3 is 5.97 Å². The van der Waals surface area contributed by atoms with Gasteiger partial charge in [0.25, 0.3) is 11.5 Å². The lowest BCUT2D eigenvalue weighted by molar-refractivity contribution is -0.137. The van der Waals surface area contributed by atoms with Gasteiger partial charge in [-0.2, -0.15) is 0 Å². The summed E-state index contributed by atoms with van der Waals surface area (Å²) in [4.78, 5) is 39.4. The van der Waals surface area contributed by atoms with Crippen LogP contribution >= 0.6 is 0 Å². The molecule has 7 heteroatoms. The Labute approximate surface area is 110 Å². The number of aromatic nitrogens is 2. The van der Waals surface area contributed by atoms with Gasteiger partial charge in [0.1, 0.15) is 5.69 Å². The molecule has 0 spiro atoms. The molecule has 1 atom stereocenters. The lowest BCUT2D eigenvalue weighted by Gasteiger charge is -2.18. The maximum absolute atomic E-state index is 11.8. The molecule has 0 unspecified atom stereocenters. The Hall–Kier alpha value is -2.18. The summed E-state index contributed by atoms with van der Waals surface area (Å²) in [7, 11) is 0. The molecule has 3 N–H and O–H groups in total. The molecule has 0 saturated carbocycles. The minimum absolute atomic E-state index is 0.0544. The number of aliphatic carboxylic acids is 1. The van der Waals surface area contributed by atoms with Gasteiger partial charge in [-0.1, -0.05) is 13.8 Å². The van der Waals surface area contributed by atoms with E-state index in [4.69, 9.17) is 5.11 Å². The van der Waals surface area contributed by atoms with Crippen molar-refractivity contribution in [1.82, 2.24) is 15.3 Å². The topological polar surface area (TPSA) is 112 Å². The number of hydrogen-bond acceptors (Lipinski definition) is 4. The minimum Gasteiger partial charge on any atom is -0.481 e. The molecular formula is C12H17N3O4. The van der Waals surface area contributed by atoms with Crippen LogP contribution in [0.5, 0.6) is 0 Å². The first-order valence-electron chi connectivity index (χ1n) is 5.96. The van der Waals surface area contributed by atoms with E-state index in [0.717, 1.165) is 6.20 Å². The van der Waals surface area contributed by atoms with Crippen LogP contribution in [0.4, 0.5) is 0 Å². The monoisotopic (exact) mass is 267 g/mol. The van der Waals surface area contributed by atoms with Gasteiger partial charge in [-0.15, -0.1) is 0 Å². The molecular weight excluding hydrogens is 250 g/mol. The van der Waals surface area contributed by atoms with Crippen LogP contribution in [0, 0.1) is 5.92 Å². The van der Waals surface area contributed by atoms with Gasteiger partial charge in [-0.25, -0.2) is 4.98 Å². The van der Waals surface area contributed by atoms with Gasteiger partial charge in [0.15, 0.2) is 0 Å². The highest BCUT2D eigenvalue weighted by Crippen LogP contribution is 2.08. The van der Waals surface area contributed by atoms with Gasteiger partial charge in [-0.3, -0.25) is 14.4 Å². The molecule has 1 heterocycles. The van der Waals surface area contributed by atoms with E-state index in [1.807, 2.05) is 13.8 Å². The predicted molar refractivity (Wildman–Crippen MR) is 67.8 cm³/mol. The molecule has 0 aliphatic carbocycles. The van der Waals surface area contributed by atoms with Crippen LogP contribution in [0.2, 0.25) is 0 Å². The number of carbonyl (C=O) groups excluding carboxylic acids is 1. The molecule has 0 aliphatic heterocycles. The smallest absolute Gasteiger partial charge is 0.305 e. The maximum atomic E-state index is 11.8. The Morgan fingerprint density at radius 1 is 1.47 bits per heavy atom. The van der Waals surface area contributed by atoms with Crippen LogP contribution < -0.4 is 10.9 Å². The summed E-state index contributed by atoms with van der Waals surface area (Å²) < 4.78 is 0. The number of carbonyl (C=O) groups is 2. The number of carboxylic acids is 1. The Bertz CT molecular complexity index is 489. The number of rotatable bonds is 6. The Balaban J connectivity index is 2.72. The van der Waals surface area contributed by atoms with E-state index in [0.29, 0.717) is 6.42 Å². The van der Waals surface area contributed by atoms with Crippen LogP contribution in [-0.2, 0) is 4.79 Å². The predicted octanol–water partition coefficient (Wildman–Crippen LogP) is 0.389. The summed E-state index contributed by atoms with van der Waals surface area (Å²) in [5, 5.41) is 11.4. The van der Waals surface area contributed by atoms with Crippen molar-refractivity contribution >= 4 is 11.9 Å². The van der Waals surface area contributed by atoms with Crippen LogP contribution in [0.15, 0.2) is 17.2 Å². The van der Waals surface area contributed by atoms with E-state index in [2.05, 4.69) is 15.3 Å². The van der Waals surface area contributed by atoms with Gasteiger partial charge in [0, 0.05) is 12.2 Å². The molecule has 0 saturated heterocycles. The van der Waals surface area contributed by atoms with Crippen molar-refractivity contribution in [3.05, 3.63) is 28.4 Å². The van der Waals surface area contributed by atoms with Crippen molar-refractivity contribution in [2.24, 2.45) is 5.92 Å². The SMILES string of the molecule is CC(C)C[C@H](CC(=O)O)NC(=O)c1c[nH]c(=O)cn1. The zero-order valence-corrected chi connectivity index (χ0v) is 10.8. The van der Waals surface area contributed by atoms with E-state index in [1.54, 1.807) is 0 Å². The number of H-pyrrole nitrogens is 1. The average Bonchev–Trinajstić information content (AvgIpc) is 2.27. The third-order valence-electron chi connectivity index (χ3n) is 2.42. The molecule has 0 aliphatic rings. The van der Waals surface area contributed by atoms with Crippen molar-refractivity contribution in [3.63, 3.8) is 0 Å². The van der Waals surface area contributed by atoms with Crippen molar-refractivity contribution in [2.75, 3.05) is 0 Å². The highest BCUT2D eigenvalue weighted by Gasteiger charge is 2.18. The van der Waals surface area contributed by atoms with Crippen LogP contribution in [-0.4, -0.2) is 33.0 Å². The molecule has 0 bridgehead atoms. The Morgan fingerprint density at radius 2 is 2.16 bits per heavy atom. The molecule has 1 aromatic rings. The third-order valence-corrected chi connectivity index (χ3v) is 2.42. The average molecular weight is 267 g/mol. The normalized spacial score (nSPS) is 12.2. The summed E-state index contributed by atoms with van der Waals surface area (Å²) in [5.41, 5.74) is -0.348. The highest BCUT2D eigenvalue weighted by atomic mass is 16.4. The van der Waals surface area contributed by atoms with Crippen LogP contribution in [0.1, 0.15) is 37.2 Å². The van der Waals surface area contributed by atoms with Crippen LogP contribution in [0.3, 0.4) is 0 Å². The number of aromatic amines is 1. The third kappa shape index (κ3) is 5.33. The second-order valence-electron chi connectivity index (χ2n) is 4.69. The van der Waals surface area contributed by atoms with Crippen molar-refractivity contribution in [1.29, 1.82) is 0 Å². The second kappa shape index (κ2) is 6.67. The highest BCUT2D eigenvalue weighted by molar-refractivity contribution is 5.92. The van der Waals surface area contributed by atoms with E-state index < -0.39 is 23.5 Å². The summed E-state index contributed by atoms with van der Waals surface area (Å²) in [6, 6.07) is -0.460. The summed E-state index contributed by atoms with van der Waals surface area (Å²) in [5.74, 6) is -1.21. The molecule has 1 amide bonds. The Morgan fingerprint density at radius 3 is 2.63 bits per heavy atom. The van der Waals surface area contributed by atoms with E-state index in [-0.39, 0.29) is 18.0 Å². The molecule has 0 radical (unpaired) electrons. The molecule has 1 rings (SSSR count). The van der Waals surface area contributed by atoms with Gasteiger partial charge in [0.2, 0.25) is 0 Å². The zero-order chi connectivity index (χ0) is 14.4. The molecule has 1 aromatic heterocycles. The quantitative estimate of drug-likeness (QED) is 0.690. The Kier molecular flexibility index (Phi) is 5.23. The largest absolute Gasteiger partial charge is 0.481 e. The van der Waals surface area contributed by atoms with E-state index in [1.165, 1.54) is 6.20 Å². The zero-order valence-electron chi connectivity index (χ0n) is 10.8. The van der Waals surface area contributed by atoms with Gasteiger partial charge < -0.3 is 15.4 Å².